The van der Waals surface area contributed by atoms with Crippen molar-refractivity contribution in [3.63, 3.8) is 0 Å². The lowest BCUT2D eigenvalue weighted by Crippen LogP contribution is -2.12. The zero-order valence-corrected chi connectivity index (χ0v) is 12.5. The van der Waals surface area contributed by atoms with Crippen LogP contribution in [0.15, 0.2) is 40.0 Å². The number of hydrogen-bond acceptors (Lipinski definition) is 7. The minimum Gasteiger partial charge on any atom is -0.308 e. The van der Waals surface area contributed by atoms with Gasteiger partial charge in [-0.3, -0.25) is 0 Å². The molecule has 0 saturated heterocycles. The summed E-state index contributed by atoms with van der Waals surface area (Å²) in [5.74, 6) is 6.16. The Kier molecular flexibility index (Phi) is 3.81. The fourth-order valence-electron chi connectivity index (χ4n) is 1.90. The summed E-state index contributed by atoms with van der Waals surface area (Å²) in [5.41, 5.74) is 4.65. The summed E-state index contributed by atoms with van der Waals surface area (Å²) < 4.78 is 2.15. The molecule has 5 nitrogen and oxygen atoms in total. The maximum atomic E-state index is 5.49. The molecule has 0 fully saturated rings. The van der Waals surface area contributed by atoms with Crippen LogP contribution < -0.4 is 11.3 Å². The molecule has 2 aromatic heterocycles. The summed E-state index contributed by atoms with van der Waals surface area (Å²) >= 11 is 3.22. The summed E-state index contributed by atoms with van der Waals surface area (Å²) in [7, 11) is 0. The second kappa shape index (κ2) is 5.74. The van der Waals surface area contributed by atoms with E-state index in [1.165, 1.54) is 11.0 Å². The molecule has 20 heavy (non-hydrogen) atoms. The first-order valence-corrected chi connectivity index (χ1v) is 7.79. The number of thiazole rings is 1. The SMILES string of the molecule is CCc1c(NN)ncnc1Sc1nc2ccccc2s1. The van der Waals surface area contributed by atoms with Gasteiger partial charge in [-0.25, -0.2) is 20.8 Å². The van der Waals surface area contributed by atoms with Gasteiger partial charge in [0, 0.05) is 5.56 Å². The highest BCUT2D eigenvalue weighted by atomic mass is 32.2. The van der Waals surface area contributed by atoms with E-state index in [2.05, 4.69) is 33.4 Å². The van der Waals surface area contributed by atoms with Crippen LogP contribution in [0, 0.1) is 0 Å². The van der Waals surface area contributed by atoms with Crippen molar-refractivity contribution in [2.45, 2.75) is 22.7 Å². The van der Waals surface area contributed by atoms with Gasteiger partial charge >= 0.3 is 0 Å². The molecule has 3 rings (SSSR count). The Morgan fingerprint density at radius 3 is 2.90 bits per heavy atom. The Balaban J connectivity index is 1.98. The highest BCUT2D eigenvalue weighted by Gasteiger charge is 2.12. The lowest BCUT2D eigenvalue weighted by atomic mass is 10.2. The number of anilines is 1. The molecule has 0 atom stereocenters. The van der Waals surface area contributed by atoms with Gasteiger partial charge in [-0.1, -0.05) is 19.1 Å². The van der Waals surface area contributed by atoms with Crippen molar-refractivity contribution in [2.75, 3.05) is 5.43 Å². The van der Waals surface area contributed by atoms with Gasteiger partial charge < -0.3 is 5.43 Å². The number of hydrazine groups is 1. The van der Waals surface area contributed by atoms with Crippen molar-refractivity contribution >= 4 is 39.1 Å². The number of rotatable bonds is 4. The number of nitrogens with zero attached hydrogens (tertiary/aromatic N) is 3. The number of para-hydroxylation sites is 1. The van der Waals surface area contributed by atoms with Gasteiger partial charge in [0.2, 0.25) is 0 Å². The molecular formula is C13H13N5S2. The maximum absolute atomic E-state index is 5.49. The number of fused-ring (bicyclic) bond motifs is 1. The Labute approximate surface area is 124 Å². The second-order valence-electron chi connectivity index (χ2n) is 4.05. The van der Waals surface area contributed by atoms with Crippen molar-refractivity contribution in [2.24, 2.45) is 5.84 Å². The Bertz CT molecular complexity index is 707. The summed E-state index contributed by atoms with van der Waals surface area (Å²) in [4.78, 5) is 13.1. The van der Waals surface area contributed by atoms with Gasteiger partial charge in [-0.05, 0) is 30.3 Å². The molecule has 3 N–H and O–H groups in total. The van der Waals surface area contributed by atoms with Crippen molar-refractivity contribution in [1.82, 2.24) is 15.0 Å². The van der Waals surface area contributed by atoms with Crippen LogP contribution >= 0.6 is 23.1 Å². The highest BCUT2D eigenvalue weighted by molar-refractivity contribution is 8.01. The Hall–Kier alpha value is -1.70. The Morgan fingerprint density at radius 1 is 1.30 bits per heavy atom. The van der Waals surface area contributed by atoms with Crippen LogP contribution in [0.1, 0.15) is 12.5 Å². The normalized spacial score (nSPS) is 10.9. The van der Waals surface area contributed by atoms with Crippen LogP contribution in [0.25, 0.3) is 10.2 Å². The topological polar surface area (TPSA) is 76.7 Å². The van der Waals surface area contributed by atoms with Crippen LogP contribution in [-0.2, 0) is 6.42 Å². The van der Waals surface area contributed by atoms with E-state index < -0.39 is 0 Å². The van der Waals surface area contributed by atoms with Crippen molar-refractivity contribution in [1.29, 1.82) is 0 Å². The van der Waals surface area contributed by atoms with Crippen molar-refractivity contribution < 1.29 is 0 Å². The predicted molar refractivity (Wildman–Crippen MR) is 83.0 cm³/mol. The molecule has 3 aromatic rings. The van der Waals surface area contributed by atoms with Gasteiger partial charge in [-0.2, -0.15) is 0 Å². The highest BCUT2D eigenvalue weighted by Crippen LogP contribution is 2.36. The molecule has 0 bridgehead atoms. The van der Waals surface area contributed by atoms with Gasteiger partial charge in [0.15, 0.2) is 4.34 Å². The first-order chi connectivity index (χ1) is 9.81. The number of benzene rings is 1. The molecule has 0 aliphatic carbocycles. The Morgan fingerprint density at radius 2 is 2.15 bits per heavy atom. The number of aromatic nitrogens is 3. The van der Waals surface area contributed by atoms with Gasteiger partial charge in [-0.15, -0.1) is 11.3 Å². The number of nitrogens with two attached hydrogens (primary N) is 1. The molecule has 0 aliphatic rings. The van der Waals surface area contributed by atoms with Crippen LogP contribution in [-0.4, -0.2) is 15.0 Å². The van der Waals surface area contributed by atoms with Crippen LogP contribution in [0.2, 0.25) is 0 Å². The monoisotopic (exact) mass is 303 g/mol. The third-order valence-electron chi connectivity index (χ3n) is 2.85. The zero-order valence-electron chi connectivity index (χ0n) is 10.8. The van der Waals surface area contributed by atoms with E-state index in [1.54, 1.807) is 23.1 Å². The zero-order chi connectivity index (χ0) is 13.9. The predicted octanol–water partition coefficient (Wildman–Crippen LogP) is 3.09. The van der Waals surface area contributed by atoms with E-state index in [0.717, 1.165) is 26.9 Å². The fraction of sp³-hybridized carbons (Fsp3) is 0.154. The lowest BCUT2D eigenvalue weighted by molar-refractivity contribution is 0.940. The molecule has 0 unspecified atom stereocenters. The smallest absolute Gasteiger partial charge is 0.157 e. The third-order valence-corrected chi connectivity index (χ3v) is 5.00. The average Bonchev–Trinajstić information content (AvgIpc) is 2.89. The molecule has 0 aliphatic heterocycles. The van der Waals surface area contributed by atoms with Gasteiger partial charge in [0.05, 0.1) is 10.2 Å². The molecular weight excluding hydrogens is 290 g/mol. The lowest BCUT2D eigenvalue weighted by Gasteiger charge is -2.08. The first kappa shape index (κ1) is 13.3. The molecule has 102 valence electrons. The summed E-state index contributed by atoms with van der Waals surface area (Å²) in [5, 5.41) is 0.898. The van der Waals surface area contributed by atoms with Crippen LogP contribution in [0.4, 0.5) is 5.82 Å². The average molecular weight is 303 g/mol. The minimum atomic E-state index is 0.672. The number of nitrogens with one attached hydrogen (secondary N) is 1. The van der Waals surface area contributed by atoms with E-state index >= 15 is 0 Å². The summed E-state index contributed by atoms with van der Waals surface area (Å²) in [6.45, 7) is 2.06. The van der Waals surface area contributed by atoms with E-state index in [1.807, 2.05) is 18.2 Å². The standard InChI is InChI=1S/C13H13N5S2/c1-2-8-11(18-14)15-7-16-12(8)20-13-17-9-5-3-4-6-10(9)19-13/h3-7H,2,14H2,1H3,(H,15,16,18). The van der Waals surface area contributed by atoms with Gasteiger partial charge in [0.1, 0.15) is 17.2 Å². The van der Waals surface area contributed by atoms with E-state index in [0.29, 0.717) is 5.82 Å². The van der Waals surface area contributed by atoms with E-state index in [-0.39, 0.29) is 0 Å². The summed E-state index contributed by atoms with van der Waals surface area (Å²) in [6, 6.07) is 8.11. The van der Waals surface area contributed by atoms with Gasteiger partial charge in [0.25, 0.3) is 0 Å². The molecule has 0 radical (unpaired) electrons. The second-order valence-corrected chi connectivity index (χ2v) is 6.32. The molecule has 1 aromatic carbocycles. The molecule has 7 heteroatoms. The largest absolute Gasteiger partial charge is 0.308 e. The third kappa shape index (κ3) is 2.47. The summed E-state index contributed by atoms with van der Waals surface area (Å²) in [6.07, 6.45) is 2.33. The molecule has 0 saturated carbocycles. The van der Waals surface area contributed by atoms with Crippen LogP contribution in [0.5, 0.6) is 0 Å². The molecule has 2 heterocycles. The minimum absolute atomic E-state index is 0.672. The van der Waals surface area contributed by atoms with Crippen molar-refractivity contribution in [3.05, 3.63) is 36.2 Å². The van der Waals surface area contributed by atoms with E-state index in [9.17, 15) is 0 Å². The molecule has 0 spiro atoms. The maximum Gasteiger partial charge on any atom is 0.157 e. The van der Waals surface area contributed by atoms with Crippen molar-refractivity contribution in [3.8, 4) is 0 Å². The number of hydrogen-bond donors (Lipinski definition) is 2. The molecule has 0 amide bonds. The van der Waals surface area contributed by atoms with Crippen LogP contribution in [0.3, 0.4) is 0 Å². The first-order valence-electron chi connectivity index (χ1n) is 6.15. The quantitative estimate of drug-likeness (QED) is 0.438. The van der Waals surface area contributed by atoms with E-state index in [4.69, 9.17) is 5.84 Å². The number of nitrogen functional groups attached to an aromatic ring is 1. The fourth-order valence-corrected chi connectivity index (χ4v) is 4.05.